The van der Waals surface area contributed by atoms with Crippen LogP contribution in [0.4, 0.5) is 0 Å². The first-order valence-electron chi connectivity index (χ1n) is 6.60. The van der Waals surface area contributed by atoms with Crippen LogP contribution in [0, 0.1) is 0 Å². The van der Waals surface area contributed by atoms with E-state index in [0.29, 0.717) is 12.1 Å². The smallest absolute Gasteiger partial charge is 0.0476 e. The van der Waals surface area contributed by atoms with Crippen molar-refractivity contribution < 1.29 is 4.74 Å². The summed E-state index contributed by atoms with van der Waals surface area (Å²) in [5.74, 6) is 0. The Morgan fingerprint density at radius 2 is 2.00 bits per heavy atom. The fourth-order valence-electron chi connectivity index (χ4n) is 2.08. The maximum Gasteiger partial charge on any atom is 0.0476 e. The maximum absolute atomic E-state index is 5.16. The van der Waals surface area contributed by atoms with Gasteiger partial charge in [-0.15, -0.1) is 22.7 Å². The molecule has 0 bridgehead atoms. The Hall–Kier alpha value is -0.680. The van der Waals surface area contributed by atoms with Crippen molar-refractivity contribution in [1.82, 2.24) is 5.32 Å². The molecule has 0 amide bonds. The molecular formula is C15H21NOS2. The monoisotopic (exact) mass is 295 g/mol. The lowest BCUT2D eigenvalue weighted by Crippen LogP contribution is -2.32. The third-order valence-corrected chi connectivity index (χ3v) is 5.00. The highest BCUT2D eigenvalue weighted by Gasteiger charge is 2.16. The minimum Gasteiger partial charge on any atom is -0.385 e. The lowest BCUT2D eigenvalue weighted by atomic mass is 10.1. The Kier molecular flexibility index (Phi) is 6.04. The van der Waals surface area contributed by atoms with Crippen LogP contribution in [0.5, 0.6) is 0 Å². The van der Waals surface area contributed by atoms with Crippen molar-refractivity contribution in [2.24, 2.45) is 0 Å². The van der Waals surface area contributed by atoms with Crippen LogP contribution in [0.3, 0.4) is 0 Å². The van der Waals surface area contributed by atoms with Gasteiger partial charge in [-0.25, -0.2) is 0 Å². The molecular weight excluding hydrogens is 274 g/mol. The van der Waals surface area contributed by atoms with Crippen molar-refractivity contribution in [3.8, 4) is 0 Å². The van der Waals surface area contributed by atoms with E-state index in [4.69, 9.17) is 4.74 Å². The minimum atomic E-state index is 0.408. The summed E-state index contributed by atoms with van der Waals surface area (Å²) in [6.45, 7) is 3.04. The largest absolute Gasteiger partial charge is 0.385 e. The van der Waals surface area contributed by atoms with Gasteiger partial charge in [0.05, 0.1) is 0 Å². The second-order valence-corrected chi connectivity index (χ2v) is 6.71. The predicted octanol–water partition coefficient (Wildman–Crippen LogP) is 4.11. The zero-order valence-corrected chi connectivity index (χ0v) is 13.1. The van der Waals surface area contributed by atoms with Gasteiger partial charge in [0, 0.05) is 42.0 Å². The topological polar surface area (TPSA) is 21.3 Å². The molecule has 4 heteroatoms. The molecule has 0 fully saturated rings. The van der Waals surface area contributed by atoms with Crippen molar-refractivity contribution in [3.63, 3.8) is 0 Å². The maximum atomic E-state index is 5.16. The van der Waals surface area contributed by atoms with Gasteiger partial charge in [0.25, 0.3) is 0 Å². The summed E-state index contributed by atoms with van der Waals surface area (Å²) in [7, 11) is 1.76. The number of ether oxygens (including phenoxy) is 1. The zero-order chi connectivity index (χ0) is 13.5. The van der Waals surface area contributed by atoms with E-state index < -0.39 is 0 Å². The SMILES string of the molecule is COCCC(C)NC(Cc1cccs1)c1cccs1. The van der Waals surface area contributed by atoms with Crippen LogP contribution in [-0.2, 0) is 11.2 Å². The van der Waals surface area contributed by atoms with Gasteiger partial charge in [0.15, 0.2) is 0 Å². The molecule has 0 saturated carbocycles. The van der Waals surface area contributed by atoms with Gasteiger partial charge in [-0.1, -0.05) is 12.1 Å². The van der Waals surface area contributed by atoms with Gasteiger partial charge in [-0.3, -0.25) is 0 Å². The number of hydrogen-bond acceptors (Lipinski definition) is 4. The number of nitrogens with one attached hydrogen (secondary N) is 1. The molecule has 0 aromatic carbocycles. The van der Waals surface area contributed by atoms with E-state index in [2.05, 4.69) is 47.3 Å². The molecule has 0 aliphatic carbocycles. The average Bonchev–Trinajstić information content (AvgIpc) is 3.08. The van der Waals surface area contributed by atoms with Gasteiger partial charge in [0.2, 0.25) is 0 Å². The number of thiophene rings is 2. The molecule has 0 saturated heterocycles. The van der Waals surface area contributed by atoms with Crippen LogP contribution in [0.25, 0.3) is 0 Å². The fourth-order valence-corrected chi connectivity index (χ4v) is 3.62. The Labute approximate surface area is 123 Å². The van der Waals surface area contributed by atoms with E-state index >= 15 is 0 Å². The Balaban J connectivity index is 1.98. The summed E-state index contributed by atoms with van der Waals surface area (Å²) in [6.07, 6.45) is 2.11. The summed E-state index contributed by atoms with van der Waals surface area (Å²) in [5.41, 5.74) is 0. The van der Waals surface area contributed by atoms with Crippen molar-refractivity contribution in [3.05, 3.63) is 44.8 Å². The van der Waals surface area contributed by atoms with Gasteiger partial charge in [-0.2, -0.15) is 0 Å². The van der Waals surface area contributed by atoms with Crippen LogP contribution < -0.4 is 5.32 Å². The highest BCUT2D eigenvalue weighted by atomic mass is 32.1. The fraction of sp³-hybridized carbons (Fsp3) is 0.467. The van der Waals surface area contributed by atoms with E-state index in [1.807, 2.05) is 22.7 Å². The van der Waals surface area contributed by atoms with E-state index in [1.165, 1.54) is 9.75 Å². The quantitative estimate of drug-likeness (QED) is 0.791. The molecule has 0 aliphatic heterocycles. The summed E-state index contributed by atoms with van der Waals surface area (Å²) >= 11 is 3.66. The predicted molar refractivity (Wildman–Crippen MR) is 84.2 cm³/mol. The Morgan fingerprint density at radius 3 is 2.63 bits per heavy atom. The average molecular weight is 295 g/mol. The molecule has 104 valence electrons. The second-order valence-electron chi connectivity index (χ2n) is 4.70. The molecule has 2 unspecified atom stereocenters. The van der Waals surface area contributed by atoms with E-state index in [0.717, 1.165) is 19.4 Å². The van der Waals surface area contributed by atoms with Crippen LogP contribution in [-0.4, -0.2) is 19.8 Å². The van der Waals surface area contributed by atoms with Gasteiger partial charge in [0.1, 0.15) is 0 Å². The van der Waals surface area contributed by atoms with Gasteiger partial charge >= 0.3 is 0 Å². The zero-order valence-electron chi connectivity index (χ0n) is 11.5. The molecule has 2 heterocycles. The van der Waals surface area contributed by atoms with Gasteiger partial charge in [-0.05, 0) is 36.2 Å². The van der Waals surface area contributed by atoms with Crippen LogP contribution >= 0.6 is 22.7 Å². The number of methoxy groups -OCH3 is 1. The van der Waals surface area contributed by atoms with E-state index in [-0.39, 0.29) is 0 Å². The molecule has 2 rings (SSSR count). The molecule has 2 aromatic heterocycles. The lowest BCUT2D eigenvalue weighted by molar-refractivity contribution is 0.182. The molecule has 2 atom stereocenters. The van der Waals surface area contributed by atoms with Crippen molar-refractivity contribution in [1.29, 1.82) is 0 Å². The number of rotatable bonds is 8. The van der Waals surface area contributed by atoms with Crippen molar-refractivity contribution in [2.75, 3.05) is 13.7 Å². The molecule has 0 aliphatic rings. The first-order chi connectivity index (χ1) is 9.29. The minimum absolute atomic E-state index is 0.408. The summed E-state index contributed by atoms with van der Waals surface area (Å²) < 4.78 is 5.16. The van der Waals surface area contributed by atoms with Crippen LogP contribution in [0.15, 0.2) is 35.0 Å². The molecule has 0 spiro atoms. The van der Waals surface area contributed by atoms with Crippen LogP contribution in [0.1, 0.15) is 29.1 Å². The Bertz CT molecular complexity index is 439. The molecule has 2 aromatic rings. The third kappa shape index (κ3) is 4.73. The highest BCUT2D eigenvalue weighted by molar-refractivity contribution is 7.10. The van der Waals surface area contributed by atoms with Crippen molar-refractivity contribution in [2.45, 2.75) is 31.8 Å². The standard InChI is InChI=1S/C15H21NOS2/c1-12(7-8-17-2)16-14(15-6-4-10-19-15)11-13-5-3-9-18-13/h3-6,9-10,12,14,16H,7-8,11H2,1-2H3. The lowest BCUT2D eigenvalue weighted by Gasteiger charge is -2.22. The summed E-state index contributed by atoms with van der Waals surface area (Å²) in [5, 5.41) is 8.03. The number of hydrogen-bond donors (Lipinski definition) is 1. The molecule has 0 radical (unpaired) electrons. The molecule has 2 nitrogen and oxygen atoms in total. The van der Waals surface area contributed by atoms with Crippen LogP contribution in [0.2, 0.25) is 0 Å². The first kappa shape index (κ1) is 14.7. The van der Waals surface area contributed by atoms with Crippen molar-refractivity contribution >= 4 is 22.7 Å². The first-order valence-corrected chi connectivity index (χ1v) is 8.36. The van der Waals surface area contributed by atoms with E-state index in [9.17, 15) is 0 Å². The highest BCUT2D eigenvalue weighted by Crippen LogP contribution is 2.25. The van der Waals surface area contributed by atoms with E-state index in [1.54, 1.807) is 7.11 Å². The Morgan fingerprint density at radius 1 is 1.21 bits per heavy atom. The molecule has 1 N–H and O–H groups in total. The molecule has 19 heavy (non-hydrogen) atoms. The summed E-state index contributed by atoms with van der Waals surface area (Å²) in [4.78, 5) is 2.85. The normalized spacial score (nSPS) is 14.4. The third-order valence-electron chi connectivity index (χ3n) is 3.11. The summed E-state index contributed by atoms with van der Waals surface area (Å²) in [6, 6.07) is 9.56. The second kappa shape index (κ2) is 7.80. The van der Waals surface area contributed by atoms with Gasteiger partial charge < -0.3 is 10.1 Å².